The van der Waals surface area contributed by atoms with E-state index in [-0.39, 0.29) is 47.8 Å². The molecule has 4 heterocycles. The van der Waals surface area contributed by atoms with Gasteiger partial charge in [-0.2, -0.15) is 0 Å². The number of anilines is 2. The topological polar surface area (TPSA) is 263 Å². The molecule has 2 fully saturated rings. The van der Waals surface area contributed by atoms with E-state index < -0.39 is 40.6 Å². The van der Waals surface area contributed by atoms with Gasteiger partial charge in [-0.1, -0.05) is 50.2 Å². The number of benzene rings is 2. The maximum Gasteiger partial charge on any atom is 0.407 e. The van der Waals surface area contributed by atoms with Crippen molar-refractivity contribution >= 4 is 58.9 Å². The number of nitro benzene ring substituents is 2. The molecule has 2 saturated heterocycles. The fraction of sp³-hybridized carbons (Fsp3) is 0.512. The molecule has 6 rings (SSSR count). The molecule has 4 aromatic rings. The fourth-order valence-electron chi connectivity index (χ4n) is 7.20. The zero-order valence-electron chi connectivity index (χ0n) is 37.8. The first-order valence-electron chi connectivity index (χ1n) is 21.6. The minimum atomic E-state index is -3.27. The quantitative estimate of drug-likeness (QED) is 0.0712. The van der Waals surface area contributed by atoms with E-state index in [0.717, 1.165) is 44.6 Å². The van der Waals surface area contributed by atoms with Crippen LogP contribution in [0.1, 0.15) is 95.9 Å². The first-order chi connectivity index (χ1) is 31.1. The van der Waals surface area contributed by atoms with Gasteiger partial charge >= 0.3 is 6.09 Å². The first kappa shape index (κ1) is 53.0. The summed E-state index contributed by atoms with van der Waals surface area (Å²) in [6.45, 7) is 11.8. The number of hydrogen-bond donors (Lipinski definition) is 2. The van der Waals surface area contributed by atoms with Crippen LogP contribution >= 0.6 is 10.7 Å². The second kappa shape index (κ2) is 24.8. The molecular weight excluding hydrogens is 916 g/mol. The maximum absolute atomic E-state index is 12.1. The molecule has 2 unspecified atom stereocenters. The summed E-state index contributed by atoms with van der Waals surface area (Å²) < 4.78 is 52.3. The van der Waals surface area contributed by atoms with Crippen molar-refractivity contribution in [2.24, 2.45) is 0 Å². The molecule has 0 aliphatic carbocycles. The lowest BCUT2D eigenvalue weighted by atomic mass is 10.1. The van der Waals surface area contributed by atoms with Crippen molar-refractivity contribution in [1.29, 1.82) is 0 Å². The van der Waals surface area contributed by atoms with Gasteiger partial charge in [0.05, 0.1) is 21.4 Å². The van der Waals surface area contributed by atoms with Gasteiger partial charge in [0, 0.05) is 97.4 Å². The lowest BCUT2D eigenvalue weighted by Gasteiger charge is -2.34. The number of para-hydroxylation sites is 2. The highest BCUT2D eigenvalue weighted by atomic mass is 35.7. The molecule has 2 aromatic heterocycles. The Balaban J connectivity index is 0.000000252. The smallest absolute Gasteiger partial charge is 0.407 e. The summed E-state index contributed by atoms with van der Waals surface area (Å²) in [5.41, 5.74) is 0.692. The van der Waals surface area contributed by atoms with Crippen molar-refractivity contribution in [1.82, 2.24) is 30.0 Å². The minimum absolute atomic E-state index is 0.0396. The standard InChI is InChI=1S/C21H27N5O4.C19H25N5O4S.C3H7ClO2S/c1-21(2,3)30-20(27)23-16-8-6-12-25(14-16)19-10-11-22-18(24-19)13-15-7-4-5-9-17(15)26(28)29;1-2-12-29(27,28)22-16-7-5-11-23(14-16)19-9-10-20-18(21-19)13-15-6-3-4-8-17(15)24(25)26;1-2-3-7(4,5)6/h4-5,7,9-11,16H,6,8,12-14H2,1-3H3,(H,23,27);3-4,6,8-10,16,22H,2,5,7,11-14H2,1H3;2-3H2,1H3. The van der Waals surface area contributed by atoms with Crippen molar-refractivity contribution in [3.8, 4) is 0 Å². The van der Waals surface area contributed by atoms with Crippen LogP contribution in [0.25, 0.3) is 0 Å². The third-order valence-corrected chi connectivity index (χ3v) is 12.9. The Morgan fingerprint density at radius 3 is 1.64 bits per heavy atom. The summed E-state index contributed by atoms with van der Waals surface area (Å²) in [5.74, 6) is 2.66. The van der Waals surface area contributed by atoms with Crippen LogP contribution in [-0.4, -0.2) is 108 Å². The second-order valence-corrected chi connectivity index (χ2v) is 21.5. The van der Waals surface area contributed by atoms with E-state index in [4.69, 9.17) is 15.4 Å². The molecule has 2 aromatic carbocycles. The van der Waals surface area contributed by atoms with Gasteiger partial charge in [0.15, 0.2) is 0 Å². The lowest BCUT2D eigenvalue weighted by molar-refractivity contribution is -0.385. The lowest BCUT2D eigenvalue weighted by Crippen LogP contribution is -2.49. The maximum atomic E-state index is 12.1. The Morgan fingerprint density at radius 2 is 1.21 bits per heavy atom. The van der Waals surface area contributed by atoms with Gasteiger partial charge in [0.1, 0.15) is 28.9 Å². The molecule has 1 amide bonds. The number of halogens is 1. The van der Waals surface area contributed by atoms with Crippen LogP contribution in [0.4, 0.5) is 27.8 Å². The summed E-state index contributed by atoms with van der Waals surface area (Å²) in [4.78, 5) is 55.6. The van der Waals surface area contributed by atoms with E-state index in [1.807, 2.05) is 38.7 Å². The third-order valence-electron chi connectivity index (χ3n) is 9.93. The Hall–Kier alpha value is -5.58. The van der Waals surface area contributed by atoms with Gasteiger partial charge in [-0.05, 0) is 71.4 Å². The summed E-state index contributed by atoms with van der Waals surface area (Å²) in [7, 11) is -1.67. The first-order valence-corrected chi connectivity index (χ1v) is 25.8. The molecule has 23 heteroatoms. The summed E-state index contributed by atoms with van der Waals surface area (Å²) in [6.07, 6.45) is 7.98. The van der Waals surface area contributed by atoms with Crippen LogP contribution in [0.15, 0.2) is 73.1 Å². The molecule has 0 saturated carbocycles. The van der Waals surface area contributed by atoms with Crippen LogP contribution in [0.3, 0.4) is 0 Å². The highest BCUT2D eigenvalue weighted by Crippen LogP contribution is 2.24. The number of piperidine rings is 2. The highest BCUT2D eigenvalue weighted by molar-refractivity contribution is 8.13. The highest BCUT2D eigenvalue weighted by Gasteiger charge is 2.27. The van der Waals surface area contributed by atoms with Gasteiger partial charge < -0.3 is 19.9 Å². The van der Waals surface area contributed by atoms with E-state index in [0.29, 0.717) is 54.5 Å². The normalized spacial score (nSPS) is 16.5. The van der Waals surface area contributed by atoms with E-state index >= 15 is 0 Å². The van der Waals surface area contributed by atoms with E-state index in [1.165, 1.54) is 12.1 Å². The number of aromatic nitrogens is 4. The van der Waals surface area contributed by atoms with Gasteiger partial charge in [-0.3, -0.25) is 20.2 Å². The molecule has 360 valence electrons. The number of rotatable bonds is 15. The van der Waals surface area contributed by atoms with Gasteiger partial charge in [-0.15, -0.1) is 0 Å². The van der Waals surface area contributed by atoms with Crippen molar-refractivity contribution in [3.05, 3.63) is 116 Å². The van der Waals surface area contributed by atoms with Crippen LogP contribution < -0.4 is 19.8 Å². The molecule has 0 spiro atoms. The largest absolute Gasteiger partial charge is 0.444 e. The predicted molar refractivity (Wildman–Crippen MR) is 253 cm³/mol. The molecule has 0 bridgehead atoms. The predicted octanol–water partition coefficient (Wildman–Crippen LogP) is 6.71. The van der Waals surface area contributed by atoms with Crippen LogP contribution in [-0.2, 0) is 36.7 Å². The Morgan fingerprint density at radius 1 is 0.758 bits per heavy atom. The van der Waals surface area contributed by atoms with Gasteiger partial charge in [0.25, 0.3) is 11.4 Å². The summed E-state index contributed by atoms with van der Waals surface area (Å²) >= 11 is 0. The average Bonchev–Trinajstić information content (AvgIpc) is 3.23. The Bertz CT molecular complexity index is 2480. The van der Waals surface area contributed by atoms with E-state index in [2.05, 4.69) is 34.9 Å². The van der Waals surface area contributed by atoms with E-state index in [9.17, 15) is 41.9 Å². The molecule has 2 aliphatic rings. The number of nitrogens with one attached hydrogen (secondary N) is 2. The molecule has 2 atom stereocenters. The molecule has 2 aliphatic heterocycles. The van der Waals surface area contributed by atoms with Crippen LogP contribution in [0.2, 0.25) is 0 Å². The number of hydrogen-bond acceptors (Lipinski definition) is 16. The summed E-state index contributed by atoms with van der Waals surface area (Å²) in [5, 5.41) is 25.4. The molecule has 66 heavy (non-hydrogen) atoms. The van der Waals surface area contributed by atoms with Crippen LogP contribution in [0.5, 0.6) is 0 Å². The van der Waals surface area contributed by atoms with Crippen molar-refractivity contribution < 1.29 is 36.2 Å². The Labute approximate surface area is 390 Å². The zero-order chi connectivity index (χ0) is 48.5. The monoisotopic (exact) mass is 974 g/mol. The number of carbonyl (C=O) groups excluding carboxylic acids is 1. The number of ether oxygens (including phenoxy) is 1. The number of nitrogens with zero attached hydrogens (tertiary/aromatic N) is 8. The van der Waals surface area contributed by atoms with Crippen molar-refractivity contribution in [3.63, 3.8) is 0 Å². The number of amides is 1. The van der Waals surface area contributed by atoms with Crippen molar-refractivity contribution in [2.45, 2.75) is 104 Å². The van der Waals surface area contributed by atoms with Crippen LogP contribution in [0, 0.1) is 20.2 Å². The SMILES string of the molecule is CC(C)(C)OC(=O)NC1CCCN(c2ccnc(Cc3ccccc3[N+](=O)[O-])n2)C1.CCCS(=O)(=O)Cl.CCCS(=O)(=O)NC1CCCN(c2ccnc(Cc3ccccc3[N+](=O)[O-])n2)C1. The van der Waals surface area contributed by atoms with Gasteiger partial charge in [-0.25, -0.2) is 46.3 Å². The molecule has 20 nitrogen and oxygen atoms in total. The number of nitro groups is 2. The Kier molecular flexibility index (Phi) is 19.9. The molecular formula is C43H59ClN10O10S2. The average molecular weight is 976 g/mol. The number of carbonyl (C=O) groups is 1. The molecule has 2 N–H and O–H groups in total. The fourth-order valence-corrected chi connectivity index (χ4v) is 9.51. The van der Waals surface area contributed by atoms with Crippen molar-refractivity contribution in [2.75, 3.05) is 47.5 Å². The third kappa shape index (κ3) is 18.4. The zero-order valence-corrected chi connectivity index (χ0v) is 40.2. The minimum Gasteiger partial charge on any atom is -0.444 e. The number of sulfonamides is 1. The van der Waals surface area contributed by atoms with Gasteiger partial charge in [0.2, 0.25) is 19.1 Å². The summed E-state index contributed by atoms with van der Waals surface area (Å²) in [6, 6.07) is 16.6. The molecule has 0 radical (unpaired) electrons. The second-order valence-electron chi connectivity index (χ2n) is 16.7. The number of alkyl carbamates (subject to hydrolysis) is 1. The van der Waals surface area contributed by atoms with E-state index in [1.54, 1.807) is 61.8 Å².